The molecule has 148 valence electrons. The molecule has 0 saturated carbocycles. The van der Waals surface area contributed by atoms with E-state index in [2.05, 4.69) is 16.1 Å². The summed E-state index contributed by atoms with van der Waals surface area (Å²) in [5, 5.41) is 5.05. The molecule has 0 radical (unpaired) electrons. The Kier molecular flexibility index (Phi) is 6.51. The minimum absolute atomic E-state index is 0.248. The number of aryl methyl sites for hydroxylation is 2. The van der Waals surface area contributed by atoms with Gasteiger partial charge in [0.05, 0.1) is 0 Å². The van der Waals surface area contributed by atoms with E-state index in [9.17, 15) is 4.79 Å². The lowest BCUT2D eigenvalue weighted by molar-refractivity contribution is 0.257. The van der Waals surface area contributed by atoms with Gasteiger partial charge in [-0.15, -0.1) is 0 Å². The van der Waals surface area contributed by atoms with Gasteiger partial charge in [0.1, 0.15) is 5.03 Å². The number of amides is 2. The van der Waals surface area contributed by atoms with E-state index < -0.39 is 0 Å². The Morgan fingerprint density at radius 1 is 1.15 bits per heavy atom. The molecule has 2 aliphatic carbocycles. The van der Waals surface area contributed by atoms with Crippen molar-refractivity contribution in [2.45, 2.75) is 38.5 Å². The van der Waals surface area contributed by atoms with Crippen LogP contribution in [-0.4, -0.2) is 43.1 Å². The number of carbonyl (C=O) groups excluding carboxylic acids is 1. The highest BCUT2D eigenvalue weighted by molar-refractivity contribution is 8.01. The maximum atomic E-state index is 12.4. The third-order valence-corrected chi connectivity index (χ3v) is 5.70. The molecule has 0 saturated heterocycles. The van der Waals surface area contributed by atoms with Gasteiger partial charge in [0.15, 0.2) is 0 Å². The summed E-state index contributed by atoms with van der Waals surface area (Å²) in [6, 6.07) is 2.11. The Hall–Kier alpha value is -1.90. The van der Waals surface area contributed by atoms with E-state index in [4.69, 9.17) is 11.6 Å². The predicted octanol–water partition coefficient (Wildman–Crippen LogP) is 1.93. The van der Waals surface area contributed by atoms with Gasteiger partial charge in [-0.05, 0) is 74.9 Å². The molecule has 3 rings (SSSR count). The summed E-state index contributed by atoms with van der Waals surface area (Å²) in [7, 11) is 3.97. The first-order valence-corrected chi connectivity index (χ1v) is 10.3. The Morgan fingerprint density at radius 2 is 1.78 bits per heavy atom. The minimum atomic E-state index is -0.248. The zero-order valence-electron chi connectivity index (χ0n) is 16.2. The number of rotatable bonds is 7. The zero-order valence-corrected chi connectivity index (χ0v) is 17.0. The molecule has 0 aromatic heterocycles. The van der Waals surface area contributed by atoms with Crippen molar-refractivity contribution in [3.8, 4) is 0 Å². The molecule has 0 aliphatic heterocycles. The third-order valence-electron chi connectivity index (χ3n) is 5.07. The quantitative estimate of drug-likeness (QED) is 0.323. The lowest BCUT2D eigenvalue weighted by Crippen LogP contribution is -2.33. The monoisotopic (exact) mass is 390 g/mol. The van der Waals surface area contributed by atoms with Crippen LogP contribution in [0.25, 0.3) is 0 Å². The van der Waals surface area contributed by atoms with E-state index in [1.807, 2.05) is 19.0 Å². The van der Waals surface area contributed by atoms with E-state index in [1.54, 1.807) is 6.20 Å². The van der Waals surface area contributed by atoms with Gasteiger partial charge in [-0.25, -0.2) is 10.6 Å². The maximum Gasteiger partial charge on any atom is 0.329 e. The number of carbonyl (C=O) groups is 1. The molecule has 0 bridgehead atoms. The number of anilines is 1. The van der Waals surface area contributed by atoms with Crippen LogP contribution < -0.4 is 21.6 Å². The number of nitrogens with zero attached hydrogens (tertiary/aromatic N) is 2. The lowest BCUT2D eigenvalue weighted by Gasteiger charge is -2.18. The van der Waals surface area contributed by atoms with Gasteiger partial charge in [0, 0.05) is 36.9 Å². The molecule has 0 spiro atoms. The fourth-order valence-corrected chi connectivity index (χ4v) is 4.23. The summed E-state index contributed by atoms with van der Waals surface area (Å²) in [5.74, 6) is 5.88. The van der Waals surface area contributed by atoms with Crippen LogP contribution in [0.5, 0.6) is 0 Å². The minimum Gasteiger partial charge on any atom is -0.391 e. The first-order chi connectivity index (χ1) is 12.9. The number of nitrogens with two attached hydrogens (primary N) is 2. The normalized spacial score (nSPS) is 15.6. The molecule has 1 aromatic carbocycles. The highest BCUT2D eigenvalue weighted by Gasteiger charge is 2.24. The molecule has 1 aromatic rings. The van der Waals surface area contributed by atoms with Crippen LogP contribution in [0, 0.1) is 0 Å². The number of fused-ring (bicyclic) bond motifs is 2. The van der Waals surface area contributed by atoms with Gasteiger partial charge in [-0.3, -0.25) is 4.72 Å². The van der Waals surface area contributed by atoms with Crippen molar-refractivity contribution >= 4 is 23.7 Å². The molecule has 7 nitrogen and oxygen atoms in total. The molecule has 27 heavy (non-hydrogen) atoms. The average Bonchev–Trinajstić information content (AvgIpc) is 3.27. The van der Waals surface area contributed by atoms with Crippen LogP contribution in [0.1, 0.15) is 35.1 Å². The van der Waals surface area contributed by atoms with Gasteiger partial charge < -0.3 is 21.0 Å². The highest BCUT2D eigenvalue weighted by Crippen LogP contribution is 2.38. The number of benzene rings is 1. The second kappa shape index (κ2) is 8.86. The van der Waals surface area contributed by atoms with Crippen molar-refractivity contribution in [1.82, 2.24) is 14.6 Å². The van der Waals surface area contributed by atoms with E-state index in [0.717, 1.165) is 62.7 Å². The first-order valence-electron chi connectivity index (χ1n) is 9.47. The first kappa shape index (κ1) is 19.9. The number of nitrogens with one attached hydrogen (secondary N) is 2. The molecule has 2 aliphatic rings. The molecule has 8 heteroatoms. The summed E-state index contributed by atoms with van der Waals surface area (Å²) >= 11 is 1.07. The molecule has 6 N–H and O–H groups in total. The zero-order chi connectivity index (χ0) is 19.4. The van der Waals surface area contributed by atoms with Crippen molar-refractivity contribution in [3.63, 3.8) is 0 Å². The van der Waals surface area contributed by atoms with Crippen LogP contribution in [0.2, 0.25) is 0 Å². The number of hydrogen-bond donors (Lipinski definition) is 4. The van der Waals surface area contributed by atoms with Gasteiger partial charge in [0.2, 0.25) is 0 Å². The summed E-state index contributed by atoms with van der Waals surface area (Å²) in [5.41, 5.74) is 12.4. The van der Waals surface area contributed by atoms with Gasteiger partial charge in [0.25, 0.3) is 0 Å². The van der Waals surface area contributed by atoms with E-state index >= 15 is 0 Å². The molecular weight excluding hydrogens is 360 g/mol. The van der Waals surface area contributed by atoms with E-state index in [-0.39, 0.29) is 6.03 Å². The van der Waals surface area contributed by atoms with Crippen molar-refractivity contribution in [1.29, 1.82) is 0 Å². The SMILES string of the molecule is CN(C)CCN(N)/C=C(\N)SNC(=O)Nc1c2c(cc3c1CCC3)CCC2. The summed E-state index contributed by atoms with van der Waals surface area (Å²) < 4.78 is 2.76. The number of hydrogen-bond acceptors (Lipinski definition) is 6. The Balaban J connectivity index is 1.58. The molecule has 0 heterocycles. The fraction of sp³-hybridized carbons (Fsp3) is 0.526. The number of urea groups is 1. The molecule has 0 atom stereocenters. The molecule has 2 amide bonds. The Bertz CT molecular complexity index is 701. The summed E-state index contributed by atoms with van der Waals surface area (Å²) in [6.45, 7) is 1.48. The van der Waals surface area contributed by atoms with Gasteiger partial charge in [-0.2, -0.15) is 0 Å². The predicted molar refractivity (Wildman–Crippen MR) is 112 cm³/mol. The standard InChI is InChI=1S/C19H30N6OS/c1-24(2)9-10-25(21)12-17(20)27-23-19(26)22-18-15-7-3-5-13(15)11-14-6-4-8-16(14)18/h11-12H,3-10,20-21H2,1-2H3,(H2,22,23,26)/b17-12+. The fourth-order valence-electron chi connectivity index (χ4n) is 3.78. The molecule has 0 unspecified atom stereocenters. The van der Waals surface area contributed by atoms with Crippen molar-refractivity contribution < 1.29 is 4.79 Å². The van der Waals surface area contributed by atoms with Crippen LogP contribution in [0.15, 0.2) is 17.3 Å². The van der Waals surface area contributed by atoms with Gasteiger partial charge >= 0.3 is 6.03 Å². The molecule has 0 fully saturated rings. The van der Waals surface area contributed by atoms with Crippen molar-refractivity contribution in [2.75, 3.05) is 32.5 Å². The van der Waals surface area contributed by atoms with Crippen LogP contribution >= 0.6 is 11.9 Å². The van der Waals surface area contributed by atoms with Gasteiger partial charge in [-0.1, -0.05) is 6.07 Å². The topological polar surface area (TPSA) is 99.7 Å². The lowest BCUT2D eigenvalue weighted by atomic mass is 9.99. The van der Waals surface area contributed by atoms with Crippen LogP contribution in [-0.2, 0) is 25.7 Å². The second-order valence-corrected chi connectivity index (χ2v) is 8.34. The average molecular weight is 391 g/mol. The van der Waals surface area contributed by atoms with Crippen LogP contribution in [0.4, 0.5) is 10.5 Å². The maximum absolute atomic E-state index is 12.4. The summed E-state index contributed by atoms with van der Waals surface area (Å²) in [6.07, 6.45) is 8.27. The number of likely N-dealkylation sites (N-methyl/N-ethyl adjacent to an activating group) is 1. The van der Waals surface area contributed by atoms with Crippen molar-refractivity contribution in [2.24, 2.45) is 11.6 Å². The van der Waals surface area contributed by atoms with Crippen molar-refractivity contribution in [3.05, 3.63) is 39.5 Å². The Labute approximate surface area is 165 Å². The smallest absolute Gasteiger partial charge is 0.329 e. The highest BCUT2D eigenvalue weighted by atomic mass is 32.2. The second-order valence-electron chi connectivity index (χ2n) is 7.46. The third kappa shape index (κ3) is 5.09. The number of hydrazine groups is 1. The van der Waals surface area contributed by atoms with E-state index in [1.165, 1.54) is 27.3 Å². The molecular formula is C19H30N6OS. The largest absolute Gasteiger partial charge is 0.391 e. The summed E-state index contributed by atoms with van der Waals surface area (Å²) in [4.78, 5) is 14.5. The van der Waals surface area contributed by atoms with Crippen LogP contribution in [0.3, 0.4) is 0 Å². The Morgan fingerprint density at radius 3 is 2.37 bits per heavy atom. The van der Waals surface area contributed by atoms with E-state index in [0.29, 0.717) is 11.6 Å².